The topological polar surface area (TPSA) is 86.1 Å². The second-order valence-corrected chi connectivity index (χ2v) is 5.45. The highest BCUT2D eigenvalue weighted by molar-refractivity contribution is 5.77. The van der Waals surface area contributed by atoms with Crippen molar-refractivity contribution in [1.82, 2.24) is 19.9 Å². The van der Waals surface area contributed by atoms with Gasteiger partial charge < -0.3 is 10.1 Å². The monoisotopic (exact) mass is 314 g/mol. The minimum atomic E-state index is -0.246. The van der Waals surface area contributed by atoms with Gasteiger partial charge in [0.25, 0.3) is 11.5 Å². The summed E-state index contributed by atoms with van der Waals surface area (Å²) in [6.45, 7) is 0.647. The first-order valence-corrected chi connectivity index (χ1v) is 7.58. The molecule has 0 atom stereocenters. The predicted octanol–water partition coefficient (Wildman–Crippen LogP) is 0.711. The van der Waals surface area contributed by atoms with Gasteiger partial charge in [0.1, 0.15) is 5.75 Å². The van der Waals surface area contributed by atoms with Crippen molar-refractivity contribution >= 4 is 5.91 Å². The molecule has 0 aromatic carbocycles. The van der Waals surface area contributed by atoms with E-state index in [1.54, 1.807) is 36.9 Å². The molecule has 1 amide bonds. The van der Waals surface area contributed by atoms with Gasteiger partial charge in [0.2, 0.25) is 0 Å². The molecule has 2 aromatic heterocycles. The standard InChI is InChI=1S/C16H18N4O3/c21-15(10-23-13-2-1-5-17-9-13)18-6-7-20-11-19-14(8-16(20)22)12-3-4-12/h1-2,5,8-9,11-12H,3-4,6-7,10H2,(H,18,21). The Hall–Kier alpha value is -2.70. The molecule has 7 heteroatoms. The summed E-state index contributed by atoms with van der Waals surface area (Å²) >= 11 is 0. The number of hydrogen-bond acceptors (Lipinski definition) is 5. The van der Waals surface area contributed by atoms with E-state index in [1.165, 1.54) is 4.57 Å². The lowest BCUT2D eigenvalue weighted by Crippen LogP contribution is -2.33. The van der Waals surface area contributed by atoms with Crippen LogP contribution in [0.2, 0.25) is 0 Å². The van der Waals surface area contributed by atoms with Gasteiger partial charge >= 0.3 is 0 Å². The second kappa shape index (κ2) is 7.04. The molecule has 0 aliphatic heterocycles. The summed E-state index contributed by atoms with van der Waals surface area (Å²) in [6.07, 6.45) is 6.95. The zero-order chi connectivity index (χ0) is 16.1. The largest absolute Gasteiger partial charge is 0.482 e. The lowest BCUT2D eigenvalue weighted by atomic mass is 10.3. The quantitative estimate of drug-likeness (QED) is 0.813. The van der Waals surface area contributed by atoms with Gasteiger partial charge in [-0.25, -0.2) is 4.98 Å². The molecule has 0 bridgehead atoms. The Bertz CT molecular complexity index is 726. The second-order valence-electron chi connectivity index (χ2n) is 5.45. The number of amides is 1. The number of nitrogens with one attached hydrogen (secondary N) is 1. The van der Waals surface area contributed by atoms with E-state index in [1.807, 2.05) is 0 Å². The Balaban J connectivity index is 1.42. The zero-order valence-electron chi connectivity index (χ0n) is 12.6. The van der Waals surface area contributed by atoms with Crippen LogP contribution in [0.3, 0.4) is 0 Å². The number of pyridine rings is 1. The molecule has 2 heterocycles. The van der Waals surface area contributed by atoms with Gasteiger partial charge in [-0.05, 0) is 25.0 Å². The highest BCUT2D eigenvalue weighted by Crippen LogP contribution is 2.38. The van der Waals surface area contributed by atoms with Gasteiger partial charge in [-0.15, -0.1) is 0 Å². The number of hydrogen-bond donors (Lipinski definition) is 1. The molecular weight excluding hydrogens is 296 g/mol. The smallest absolute Gasteiger partial charge is 0.258 e. The van der Waals surface area contributed by atoms with Crippen molar-refractivity contribution in [2.45, 2.75) is 25.3 Å². The third kappa shape index (κ3) is 4.38. The van der Waals surface area contributed by atoms with Crippen molar-refractivity contribution in [1.29, 1.82) is 0 Å². The number of rotatable bonds is 7. The first kappa shape index (κ1) is 15.2. The highest BCUT2D eigenvalue weighted by Gasteiger charge is 2.25. The molecule has 3 rings (SSSR count). The van der Waals surface area contributed by atoms with E-state index in [9.17, 15) is 9.59 Å². The third-order valence-corrected chi connectivity index (χ3v) is 3.58. The number of carbonyl (C=O) groups excluding carboxylic acids is 1. The minimum absolute atomic E-state index is 0.0808. The maximum atomic E-state index is 11.9. The Morgan fingerprint density at radius 1 is 1.43 bits per heavy atom. The maximum absolute atomic E-state index is 11.9. The number of carbonyl (C=O) groups is 1. The van der Waals surface area contributed by atoms with Crippen molar-refractivity contribution < 1.29 is 9.53 Å². The van der Waals surface area contributed by atoms with Crippen molar-refractivity contribution in [3.8, 4) is 5.75 Å². The summed E-state index contributed by atoms with van der Waals surface area (Å²) in [5.74, 6) is 0.755. The molecule has 1 N–H and O–H groups in total. The summed E-state index contributed by atoms with van der Waals surface area (Å²) in [7, 11) is 0. The van der Waals surface area contributed by atoms with E-state index >= 15 is 0 Å². The fourth-order valence-corrected chi connectivity index (χ4v) is 2.16. The lowest BCUT2D eigenvalue weighted by molar-refractivity contribution is -0.123. The molecule has 1 aliphatic rings. The van der Waals surface area contributed by atoms with Gasteiger partial charge in [0.15, 0.2) is 6.61 Å². The van der Waals surface area contributed by atoms with Crippen LogP contribution in [0.25, 0.3) is 0 Å². The van der Waals surface area contributed by atoms with E-state index in [2.05, 4.69) is 15.3 Å². The molecule has 23 heavy (non-hydrogen) atoms. The fraction of sp³-hybridized carbons (Fsp3) is 0.375. The van der Waals surface area contributed by atoms with Gasteiger partial charge in [-0.3, -0.25) is 19.1 Å². The van der Waals surface area contributed by atoms with E-state index in [0.717, 1.165) is 18.5 Å². The Morgan fingerprint density at radius 2 is 2.30 bits per heavy atom. The molecule has 120 valence electrons. The van der Waals surface area contributed by atoms with E-state index in [4.69, 9.17) is 4.74 Å². The van der Waals surface area contributed by atoms with Gasteiger partial charge in [-0.2, -0.15) is 0 Å². The van der Waals surface area contributed by atoms with Crippen LogP contribution in [0, 0.1) is 0 Å². The number of ether oxygens (including phenoxy) is 1. The maximum Gasteiger partial charge on any atom is 0.258 e. The minimum Gasteiger partial charge on any atom is -0.482 e. The van der Waals surface area contributed by atoms with Crippen LogP contribution in [0.1, 0.15) is 24.5 Å². The first-order valence-electron chi connectivity index (χ1n) is 7.58. The van der Waals surface area contributed by atoms with Crippen LogP contribution in [0.5, 0.6) is 5.75 Å². The van der Waals surface area contributed by atoms with Crippen LogP contribution in [-0.2, 0) is 11.3 Å². The summed E-state index contributed by atoms with van der Waals surface area (Å²) in [4.78, 5) is 31.8. The van der Waals surface area contributed by atoms with Crippen LogP contribution >= 0.6 is 0 Å². The molecule has 1 fully saturated rings. The third-order valence-electron chi connectivity index (χ3n) is 3.58. The van der Waals surface area contributed by atoms with Crippen LogP contribution in [0.15, 0.2) is 41.7 Å². The molecule has 1 aliphatic carbocycles. The lowest BCUT2D eigenvalue weighted by Gasteiger charge is -2.09. The molecule has 0 saturated heterocycles. The van der Waals surface area contributed by atoms with Gasteiger partial charge in [0, 0.05) is 31.3 Å². The SMILES string of the molecule is O=C(COc1cccnc1)NCCn1cnc(C2CC2)cc1=O. The predicted molar refractivity (Wildman–Crippen MR) is 83.2 cm³/mol. The van der Waals surface area contributed by atoms with E-state index in [0.29, 0.717) is 24.8 Å². The van der Waals surface area contributed by atoms with Crippen molar-refractivity contribution in [2.24, 2.45) is 0 Å². The number of aromatic nitrogens is 3. The zero-order valence-corrected chi connectivity index (χ0v) is 12.6. The molecule has 2 aromatic rings. The van der Waals surface area contributed by atoms with Crippen molar-refractivity contribution in [2.75, 3.05) is 13.2 Å². The highest BCUT2D eigenvalue weighted by atomic mass is 16.5. The number of nitrogens with zero attached hydrogens (tertiary/aromatic N) is 3. The molecule has 1 saturated carbocycles. The van der Waals surface area contributed by atoms with Crippen LogP contribution in [0.4, 0.5) is 0 Å². The Kier molecular flexibility index (Phi) is 4.65. The summed E-state index contributed by atoms with van der Waals surface area (Å²) < 4.78 is 6.78. The first-order chi connectivity index (χ1) is 11.2. The molecule has 7 nitrogen and oxygen atoms in total. The summed E-state index contributed by atoms with van der Waals surface area (Å²) in [6, 6.07) is 5.05. The van der Waals surface area contributed by atoms with Crippen LogP contribution in [-0.4, -0.2) is 33.6 Å². The Labute approximate surface area is 133 Å². The summed E-state index contributed by atoms with van der Waals surface area (Å²) in [5.41, 5.74) is 0.794. The molecule has 0 unspecified atom stereocenters. The van der Waals surface area contributed by atoms with Crippen LogP contribution < -0.4 is 15.6 Å². The normalized spacial score (nSPS) is 13.6. The summed E-state index contributed by atoms with van der Waals surface area (Å²) in [5, 5.41) is 2.71. The van der Waals surface area contributed by atoms with E-state index < -0.39 is 0 Å². The molecule has 0 radical (unpaired) electrons. The van der Waals surface area contributed by atoms with Gasteiger partial charge in [-0.1, -0.05) is 0 Å². The van der Waals surface area contributed by atoms with E-state index in [-0.39, 0.29) is 18.1 Å². The molecular formula is C16H18N4O3. The Morgan fingerprint density at radius 3 is 3.00 bits per heavy atom. The van der Waals surface area contributed by atoms with Crippen molar-refractivity contribution in [3.63, 3.8) is 0 Å². The fourth-order valence-electron chi connectivity index (χ4n) is 2.16. The molecule has 0 spiro atoms. The average molecular weight is 314 g/mol. The average Bonchev–Trinajstić information content (AvgIpc) is 3.40. The van der Waals surface area contributed by atoms with Crippen molar-refractivity contribution in [3.05, 3.63) is 53.0 Å². The van der Waals surface area contributed by atoms with Gasteiger partial charge in [0.05, 0.1) is 18.2 Å².